The molecule has 1 aromatic rings. The number of ether oxygens (including phenoxy) is 1. The molecule has 0 N–H and O–H groups in total. The third-order valence-electron chi connectivity index (χ3n) is 6.35. The predicted molar refractivity (Wildman–Crippen MR) is 91.3 cm³/mol. The molecular weight excluding hydrogens is 302 g/mol. The average Bonchev–Trinajstić information content (AvgIpc) is 2.59. The SMILES string of the molecule is CN(C(=O)COC(=O)C1C2CC3CC(C2)CC1C3)c1ccccc1. The van der Waals surface area contributed by atoms with Crippen molar-refractivity contribution < 1.29 is 14.3 Å². The van der Waals surface area contributed by atoms with Crippen molar-refractivity contribution in [1.29, 1.82) is 0 Å². The monoisotopic (exact) mass is 327 g/mol. The molecular formula is C20H25NO3. The van der Waals surface area contributed by atoms with Gasteiger partial charge in [-0.25, -0.2) is 0 Å². The van der Waals surface area contributed by atoms with Crippen LogP contribution in [0.1, 0.15) is 32.1 Å². The van der Waals surface area contributed by atoms with E-state index < -0.39 is 0 Å². The first-order valence-electron chi connectivity index (χ1n) is 9.10. The van der Waals surface area contributed by atoms with E-state index in [1.165, 1.54) is 32.1 Å². The molecule has 0 unspecified atom stereocenters. The maximum absolute atomic E-state index is 12.6. The van der Waals surface area contributed by atoms with Gasteiger partial charge < -0.3 is 9.64 Å². The van der Waals surface area contributed by atoms with Crippen LogP contribution in [0.2, 0.25) is 0 Å². The molecule has 0 radical (unpaired) electrons. The smallest absolute Gasteiger partial charge is 0.310 e. The number of hydrogen-bond donors (Lipinski definition) is 0. The fourth-order valence-electron chi connectivity index (χ4n) is 5.43. The van der Waals surface area contributed by atoms with E-state index in [4.69, 9.17) is 4.74 Å². The van der Waals surface area contributed by atoms with E-state index in [0.29, 0.717) is 11.8 Å². The van der Waals surface area contributed by atoms with Crippen LogP contribution >= 0.6 is 0 Å². The Hall–Kier alpha value is -1.84. The summed E-state index contributed by atoms with van der Waals surface area (Å²) >= 11 is 0. The largest absolute Gasteiger partial charge is 0.455 e. The van der Waals surface area contributed by atoms with Gasteiger partial charge in [-0.05, 0) is 67.9 Å². The zero-order chi connectivity index (χ0) is 16.7. The van der Waals surface area contributed by atoms with E-state index >= 15 is 0 Å². The van der Waals surface area contributed by atoms with Crippen LogP contribution in [0.3, 0.4) is 0 Å². The van der Waals surface area contributed by atoms with Crippen molar-refractivity contribution in [2.75, 3.05) is 18.6 Å². The van der Waals surface area contributed by atoms with Crippen molar-refractivity contribution in [2.24, 2.45) is 29.6 Å². The molecule has 4 nitrogen and oxygen atoms in total. The van der Waals surface area contributed by atoms with Gasteiger partial charge in [-0.15, -0.1) is 0 Å². The first-order valence-corrected chi connectivity index (χ1v) is 9.10. The Labute approximate surface area is 143 Å². The van der Waals surface area contributed by atoms with Crippen LogP contribution in [0, 0.1) is 29.6 Å². The Morgan fingerprint density at radius 3 is 2.17 bits per heavy atom. The van der Waals surface area contributed by atoms with Gasteiger partial charge in [0.1, 0.15) is 0 Å². The number of likely N-dealkylation sites (N-methyl/N-ethyl adjacent to an activating group) is 1. The molecule has 4 aliphatic carbocycles. The number of hydrogen-bond acceptors (Lipinski definition) is 3. The van der Waals surface area contributed by atoms with Crippen molar-refractivity contribution in [3.63, 3.8) is 0 Å². The van der Waals surface area contributed by atoms with Crippen LogP contribution < -0.4 is 4.90 Å². The Bertz CT molecular complexity index is 599. The summed E-state index contributed by atoms with van der Waals surface area (Å²) in [6.07, 6.45) is 6.11. The third kappa shape index (κ3) is 2.83. The number of amides is 1. The third-order valence-corrected chi connectivity index (χ3v) is 6.35. The van der Waals surface area contributed by atoms with Crippen molar-refractivity contribution in [3.8, 4) is 0 Å². The number of benzene rings is 1. The van der Waals surface area contributed by atoms with Crippen molar-refractivity contribution >= 4 is 17.6 Å². The van der Waals surface area contributed by atoms with Gasteiger partial charge >= 0.3 is 5.97 Å². The topological polar surface area (TPSA) is 46.6 Å². The minimum atomic E-state index is -0.182. The van der Waals surface area contributed by atoms with Crippen molar-refractivity contribution in [3.05, 3.63) is 30.3 Å². The molecule has 4 fully saturated rings. The molecule has 5 rings (SSSR count). The first kappa shape index (κ1) is 15.7. The van der Waals surface area contributed by atoms with E-state index in [0.717, 1.165) is 17.5 Å². The lowest BCUT2D eigenvalue weighted by molar-refractivity contribution is -0.164. The number of carbonyl (C=O) groups excluding carboxylic acids is 2. The summed E-state index contributed by atoms with van der Waals surface area (Å²) in [6, 6.07) is 9.43. The lowest BCUT2D eigenvalue weighted by Gasteiger charge is -2.53. The number of anilines is 1. The molecule has 0 aliphatic heterocycles. The molecule has 24 heavy (non-hydrogen) atoms. The predicted octanol–water partition coefficient (Wildman–Crippen LogP) is 3.26. The summed E-state index contributed by atoms with van der Waals surface area (Å²) in [7, 11) is 1.72. The fraction of sp³-hybridized carbons (Fsp3) is 0.600. The summed E-state index contributed by atoms with van der Waals surface area (Å²) in [6.45, 7) is -0.160. The van der Waals surface area contributed by atoms with Gasteiger partial charge in [0, 0.05) is 12.7 Å². The highest BCUT2D eigenvalue weighted by atomic mass is 16.5. The summed E-state index contributed by atoms with van der Waals surface area (Å²) in [5.74, 6) is 2.38. The Morgan fingerprint density at radius 1 is 1.00 bits per heavy atom. The van der Waals surface area contributed by atoms with Crippen molar-refractivity contribution in [2.45, 2.75) is 32.1 Å². The van der Waals surface area contributed by atoms with Gasteiger partial charge in [-0.2, -0.15) is 0 Å². The summed E-state index contributed by atoms with van der Waals surface area (Å²) in [5, 5.41) is 0. The summed E-state index contributed by atoms with van der Waals surface area (Å²) < 4.78 is 5.44. The minimum absolute atomic E-state index is 0.0348. The molecule has 4 aliphatic rings. The Morgan fingerprint density at radius 2 is 1.58 bits per heavy atom. The molecule has 128 valence electrons. The van der Waals surface area contributed by atoms with E-state index in [9.17, 15) is 9.59 Å². The second-order valence-electron chi connectivity index (χ2n) is 7.85. The molecule has 0 saturated heterocycles. The Kier molecular flexibility index (Phi) is 4.07. The molecule has 4 bridgehead atoms. The van der Waals surface area contributed by atoms with Crippen LogP contribution in [0.5, 0.6) is 0 Å². The zero-order valence-electron chi connectivity index (χ0n) is 14.2. The van der Waals surface area contributed by atoms with Gasteiger partial charge in [0.25, 0.3) is 5.91 Å². The number of rotatable bonds is 4. The van der Waals surface area contributed by atoms with Gasteiger partial charge in [-0.1, -0.05) is 18.2 Å². The Balaban J connectivity index is 1.34. The minimum Gasteiger partial charge on any atom is -0.455 e. The number of esters is 1. The molecule has 0 heterocycles. The van der Waals surface area contributed by atoms with Crippen LogP contribution in [0.15, 0.2) is 30.3 Å². The van der Waals surface area contributed by atoms with Gasteiger partial charge in [0.15, 0.2) is 6.61 Å². The molecule has 4 saturated carbocycles. The highest BCUT2D eigenvalue weighted by Crippen LogP contribution is 2.56. The number of nitrogens with zero attached hydrogens (tertiary/aromatic N) is 1. The number of para-hydroxylation sites is 1. The van der Waals surface area contributed by atoms with Gasteiger partial charge in [0.05, 0.1) is 5.92 Å². The van der Waals surface area contributed by atoms with E-state index in [1.54, 1.807) is 11.9 Å². The molecule has 0 aromatic heterocycles. The average molecular weight is 327 g/mol. The van der Waals surface area contributed by atoms with E-state index in [2.05, 4.69) is 0 Å². The highest BCUT2D eigenvalue weighted by Gasteiger charge is 2.51. The molecule has 4 heteroatoms. The fourth-order valence-corrected chi connectivity index (χ4v) is 5.43. The lowest BCUT2D eigenvalue weighted by Crippen LogP contribution is -2.48. The number of carbonyl (C=O) groups is 2. The van der Waals surface area contributed by atoms with Crippen LogP contribution in [-0.4, -0.2) is 25.5 Å². The first-order chi connectivity index (χ1) is 11.6. The molecule has 1 amide bonds. The van der Waals surface area contributed by atoms with E-state index in [1.807, 2.05) is 30.3 Å². The lowest BCUT2D eigenvalue weighted by atomic mass is 9.52. The molecule has 0 atom stereocenters. The normalized spacial score (nSPS) is 33.3. The summed E-state index contributed by atoms with van der Waals surface area (Å²) in [4.78, 5) is 26.4. The summed E-state index contributed by atoms with van der Waals surface area (Å²) in [5.41, 5.74) is 0.813. The second kappa shape index (κ2) is 6.23. The van der Waals surface area contributed by atoms with Crippen LogP contribution in [0.4, 0.5) is 5.69 Å². The standard InChI is InChI=1S/C20H25NO3/c1-21(17-5-3-2-4-6-17)18(22)12-24-20(23)19-15-8-13-7-14(10-15)11-16(19)9-13/h2-6,13-16,19H,7-12H2,1H3. The van der Waals surface area contributed by atoms with Crippen molar-refractivity contribution in [1.82, 2.24) is 0 Å². The maximum atomic E-state index is 12.6. The molecule has 1 aromatic carbocycles. The van der Waals surface area contributed by atoms with Gasteiger partial charge in [-0.3, -0.25) is 9.59 Å². The zero-order valence-corrected chi connectivity index (χ0v) is 14.2. The molecule has 0 spiro atoms. The maximum Gasteiger partial charge on any atom is 0.310 e. The van der Waals surface area contributed by atoms with Gasteiger partial charge in [0.2, 0.25) is 0 Å². The quantitative estimate of drug-likeness (QED) is 0.798. The van der Waals surface area contributed by atoms with E-state index in [-0.39, 0.29) is 24.4 Å². The van der Waals surface area contributed by atoms with Crippen LogP contribution in [-0.2, 0) is 14.3 Å². The van der Waals surface area contributed by atoms with Crippen LogP contribution in [0.25, 0.3) is 0 Å². The highest BCUT2D eigenvalue weighted by molar-refractivity contribution is 5.94. The second-order valence-corrected chi connectivity index (χ2v) is 7.85.